The highest BCUT2D eigenvalue weighted by atomic mass is 79.9. The lowest BCUT2D eigenvalue weighted by Gasteiger charge is -2.19. The summed E-state index contributed by atoms with van der Waals surface area (Å²) < 4.78 is 7.32. The molecule has 19 heavy (non-hydrogen) atoms. The summed E-state index contributed by atoms with van der Waals surface area (Å²) in [5.41, 5.74) is 0.906. The summed E-state index contributed by atoms with van der Waals surface area (Å²) in [7, 11) is 0. The predicted molar refractivity (Wildman–Crippen MR) is 79.7 cm³/mol. The molecule has 0 amide bonds. The minimum atomic E-state index is 0.220. The van der Waals surface area contributed by atoms with Crippen LogP contribution < -0.4 is 5.32 Å². The zero-order valence-electron chi connectivity index (χ0n) is 10.2. The zero-order valence-corrected chi connectivity index (χ0v) is 13.4. The molecule has 1 fully saturated rings. The van der Waals surface area contributed by atoms with Gasteiger partial charge in [0.05, 0.1) is 11.6 Å². The van der Waals surface area contributed by atoms with E-state index in [1.54, 1.807) is 0 Å². The standard InChI is InChI=1S/C13H13Br2N3O/c14-8-4-5-10(15)9(7-8)13-17-12(18-19-13)11-3-1-2-6-16-11/h4-5,7,11,16H,1-3,6H2. The molecule has 1 aliphatic heterocycles. The van der Waals surface area contributed by atoms with E-state index in [9.17, 15) is 0 Å². The SMILES string of the molecule is Brc1ccc(Br)c(-c2nc(C3CCCCN3)no2)c1. The van der Waals surface area contributed by atoms with Crippen LogP contribution in [0.3, 0.4) is 0 Å². The molecule has 0 aliphatic carbocycles. The fourth-order valence-electron chi connectivity index (χ4n) is 2.22. The Morgan fingerprint density at radius 2 is 2.16 bits per heavy atom. The van der Waals surface area contributed by atoms with Crippen molar-refractivity contribution in [2.75, 3.05) is 6.54 Å². The second-order valence-electron chi connectivity index (χ2n) is 4.58. The average Bonchev–Trinajstić information content (AvgIpc) is 2.92. The Labute approximate surface area is 128 Å². The van der Waals surface area contributed by atoms with Crippen LogP contribution in [0.2, 0.25) is 0 Å². The molecule has 0 saturated carbocycles. The molecule has 1 atom stereocenters. The number of hydrogen-bond donors (Lipinski definition) is 1. The monoisotopic (exact) mass is 385 g/mol. The zero-order chi connectivity index (χ0) is 13.2. The number of rotatable bonds is 2. The van der Waals surface area contributed by atoms with Crippen molar-refractivity contribution in [1.82, 2.24) is 15.5 Å². The van der Waals surface area contributed by atoms with Gasteiger partial charge in [0, 0.05) is 8.95 Å². The van der Waals surface area contributed by atoms with Crippen LogP contribution in [0.4, 0.5) is 0 Å². The number of aromatic nitrogens is 2. The van der Waals surface area contributed by atoms with E-state index >= 15 is 0 Å². The number of piperidine rings is 1. The second-order valence-corrected chi connectivity index (χ2v) is 6.35. The first-order chi connectivity index (χ1) is 9.24. The first-order valence-corrected chi connectivity index (χ1v) is 7.85. The number of halogens is 2. The van der Waals surface area contributed by atoms with Crippen molar-refractivity contribution in [2.45, 2.75) is 25.3 Å². The van der Waals surface area contributed by atoms with Gasteiger partial charge in [-0.1, -0.05) is 27.5 Å². The van der Waals surface area contributed by atoms with Crippen molar-refractivity contribution in [3.05, 3.63) is 33.0 Å². The van der Waals surface area contributed by atoms with E-state index in [4.69, 9.17) is 4.52 Å². The summed E-state index contributed by atoms with van der Waals surface area (Å²) in [4.78, 5) is 4.52. The molecule has 1 unspecified atom stereocenters. The molecule has 1 aliphatic rings. The van der Waals surface area contributed by atoms with Crippen LogP contribution >= 0.6 is 31.9 Å². The van der Waals surface area contributed by atoms with Crippen LogP contribution in [0.25, 0.3) is 11.5 Å². The lowest BCUT2D eigenvalue weighted by molar-refractivity contribution is 0.367. The molecule has 1 saturated heterocycles. The average molecular weight is 387 g/mol. The van der Waals surface area contributed by atoms with Crippen molar-refractivity contribution < 1.29 is 4.52 Å². The molecule has 1 aromatic heterocycles. The lowest BCUT2D eigenvalue weighted by atomic mass is 10.0. The van der Waals surface area contributed by atoms with E-state index in [1.807, 2.05) is 18.2 Å². The molecular weight excluding hydrogens is 374 g/mol. The molecule has 2 heterocycles. The first-order valence-electron chi connectivity index (χ1n) is 6.26. The highest BCUT2D eigenvalue weighted by Gasteiger charge is 2.21. The largest absolute Gasteiger partial charge is 0.334 e. The third-order valence-corrected chi connectivity index (χ3v) is 4.41. The topological polar surface area (TPSA) is 51.0 Å². The van der Waals surface area contributed by atoms with E-state index in [1.165, 1.54) is 12.8 Å². The quantitative estimate of drug-likeness (QED) is 0.844. The number of nitrogens with one attached hydrogen (secondary N) is 1. The summed E-state index contributed by atoms with van der Waals surface area (Å²) in [6, 6.07) is 6.11. The predicted octanol–water partition coefficient (Wildman–Crippen LogP) is 4.08. The third kappa shape index (κ3) is 2.90. The normalized spacial score (nSPS) is 19.6. The molecule has 1 N–H and O–H groups in total. The summed E-state index contributed by atoms with van der Waals surface area (Å²) in [5.74, 6) is 1.30. The van der Waals surface area contributed by atoms with Crippen LogP contribution in [0.5, 0.6) is 0 Å². The van der Waals surface area contributed by atoms with Gasteiger partial charge in [-0.05, 0) is 53.5 Å². The molecule has 2 aromatic rings. The smallest absolute Gasteiger partial charge is 0.259 e. The fraction of sp³-hybridized carbons (Fsp3) is 0.385. The Hall–Kier alpha value is -0.720. The Balaban J connectivity index is 1.89. The number of nitrogens with zero attached hydrogens (tertiary/aromatic N) is 2. The van der Waals surface area contributed by atoms with Gasteiger partial charge >= 0.3 is 0 Å². The highest BCUT2D eigenvalue weighted by Crippen LogP contribution is 2.31. The van der Waals surface area contributed by atoms with E-state index in [-0.39, 0.29) is 6.04 Å². The maximum absolute atomic E-state index is 5.39. The van der Waals surface area contributed by atoms with Crippen LogP contribution in [0, 0.1) is 0 Å². The maximum atomic E-state index is 5.39. The van der Waals surface area contributed by atoms with Gasteiger partial charge < -0.3 is 9.84 Å². The highest BCUT2D eigenvalue weighted by molar-refractivity contribution is 9.11. The minimum absolute atomic E-state index is 0.220. The van der Waals surface area contributed by atoms with E-state index in [2.05, 4.69) is 47.3 Å². The molecular formula is C13H13Br2N3O. The summed E-state index contributed by atoms with van der Waals surface area (Å²) in [6.45, 7) is 1.02. The molecule has 3 rings (SSSR count). The van der Waals surface area contributed by atoms with Gasteiger partial charge in [-0.2, -0.15) is 4.98 Å². The second kappa shape index (κ2) is 5.73. The molecule has 4 nitrogen and oxygen atoms in total. The molecule has 0 bridgehead atoms. The van der Waals surface area contributed by atoms with Gasteiger partial charge in [0.1, 0.15) is 0 Å². The first kappa shape index (κ1) is 13.3. The van der Waals surface area contributed by atoms with Crippen LogP contribution in [-0.2, 0) is 0 Å². The van der Waals surface area contributed by atoms with Gasteiger partial charge in [0.15, 0.2) is 5.82 Å². The van der Waals surface area contributed by atoms with Gasteiger partial charge in [0.2, 0.25) is 0 Å². The summed E-state index contributed by atoms with van der Waals surface area (Å²) in [5, 5.41) is 7.52. The molecule has 6 heteroatoms. The van der Waals surface area contributed by atoms with E-state index < -0.39 is 0 Å². The Kier molecular flexibility index (Phi) is 4.00. The van der Waals surface area contributed by atoms with Gasteiger partial charge in [-0.3, -0.25) is 0 Å². The Morgan fingerprint density at radius 3 is 2.95 bits per heavy atom. The summed E-state index contributed by atoms with van der Waals surface area (Å²) >= 11 is 6.96. The molecule has 0 radical (unpaired) electrons. The van der Waals surface area contributed by atoms with Crippen molar-refractivity contribution in [3.8, 4) is 11.5 Å². The van der Waals surface area contributed by atoms with Crippen molar-refractivity contribution >= 4 is 31.9 Å². The minimum Gasteiger partial charge on any atom is -0.334 e. The third-order valence-electron chi connectivity index (χ3n) is 3.22. The van der Waals surface area contributed by atoms with Crippen LogP contribution in [0.15, 0.2) is 31.7 Å². The Bertz CT molecular complexity index is 579. The van der Waals surface area contributed by atoms with E-state index in [0.29, 0.717) is 5.89 Å². The number of benzene rings is 1. The van der Waals surface area contributed by atoms with E-state index in [0.717, 1.165) is 33.3 Å². The summed E-state index contributed by atoms with van der Waals surface area (Å²) in [6.07, 6.45) is 3.50. The van der Waals surface area contributed by atoms with Crippen molar-refractivity contribution in [1.29, 1.82) is 0 Å². The molecule has 100 valence electrons. The van der Waals surface area contributed by atoms with Gasteiger partial charge in [-0.15, -0.1) is 0 Å². The van der Waals surface area contributed by atoms with Gasteiger partial charge in [-0.25, -0.2) is 0 Å². The van der Waals surface area contributed by atoms with Gasteiger partial charge in [0.25, 0.3) is 5.89 Å². The van der Waals surface area contributed by atoms with Crippen molar-refractivity contribution in [2.24, 2.45) is 0 Å². The maximum Gasteiger partial charge on any atom is 0.259 e. The Morgan fingerprint density at radius 1 is 1.26 bits per heavy atom. The number of hydrogen-bond acceptors (Lipinski definition) is 4. The van der Waals surface area contributed by atoms with Crippen molar-refractivity contribution in [3.63, 3.8) is 0 Å². The molecule has 1 aromatic carbocycles. The van der Waals surface area contributed by atoms with Crippen LogP contribution in [-0.4, -0.2) is 16.7 Å². The van der Waals surface area contributed by atoms with Crippen LogP contribution in [0.1, 0.15) is 31.1 Å². The molecule has 0 spiro atoms. The lowest BCUT2D eigenvalue weighted by Crippen LogP contribution is -2.27. The fourth-order valence-corrected chi connectivity index (χ4v) is 3.00.